The van der Waals surface area contributed by atoms with Crippen molar-refractivity contribution in [3.8, 4) is 0 Å². The van der Waals surface area contributed by atoms with E-state index in [0.29, 0.717) is 29.2 Å². The zero-order valence-corrected chi connectivity index (χ0v) is 14.8. The number of aromatic nitrogens is 1. The van der Waals surface area contributed by atoms with Crippen molar-refractivity contribution in [3.63, 3.8) is 0 Å². The summed E-state index contributed by atoms with van der Waals surface area (Å²) in [5.74, 6) is -0.257. The maximum absolute atomic E-state index is 12.1. The second-order valence-corrected chi connectivity index (χ2v) is 5.91. The zero-order chi connectivity index (χ0) is 19.0. The van der Waals surface area contributed by atoms with Gasteiger partial charge in [-0.3, -0.25) is 0 Å². The van der Waals surface area contributed by atoms with Gasteiger partial charge < -0.3 is 18.5 Å². The molecular formula is C20H16N2O5. The predicted octanol–water partition coefficient (Wildman–Crippen LogP) is 3.29. The molecule has 7 heteroatoms. The lowest BCUT2D eigenvalue weighted by Gasteiger charge is -2.02. The van der Waals surface area contributed by atoms with Crippen LogP contribution in [0.3, 0.4) is 0 Å². The van der Waals surface area contributed by atoms with Crippen LogP contribution in [-0.4, -0.2) is 29.0 Å². The van der Waals surface area contributed by atoms with E-state index in [-0.39, 0.29) is 11.6 Å². The molecule has 1 aliphatic rings. The summed E-state index contributed by atoms with van der Waals surface area (Å²) in [6.45, 7) is 2.05. The number of aryl methyl sites for hydroxylation is 1. The van der Waals surface area contributed by atoms with Gasteiger partial charge in [-0.15, -0.1) is 0 Å². The monoisotopic (exact) mass is 364 g/mol. The Hall–Kier alpha value is -3.61. The number of ether oxygens (including phenoxy) is 2. The molecule has 136 valence electrons. The Kier molecular flexibility index (Phi) is 4.12. The van der Waals surface area contributed by atoms with E-state index < -0.39 is 11.9 Å². The van der Waals surface area contributed by atoms with Crippen LogP contribution < -0.4 is 0 Å². The van der Waals surface area contributed by atoms with Gasteiger partial charge in [0.05, 0.1) is 12.1 Å². The van der Waals surface area contributed by atoms with Gasteiger partial charge in [0.15, 0.2) is 11.3 Å². The fraction of sp³-hybridized carbons (Fsp3) is 0.150. The standard InChI is InChI=1S/C20H16N2O5/c1-3-25-20(24)16-11-17-15(22(16)2)10-13(26-17)9-14-19(23)27-18(21-14)12-7-5-4-6-8-12/h4-11H,3H2,1-2H3/b14-9+. The summed E-state index contributed by atoms with van der Waals surface area (Å²) in [7, 11) is 1.75. The van der Waals surface area contributed by atoms with Crippen molar-refractivity contribution in [2.24, 2.45) is 12.0 Å². The summed E-state index contributed by atoms with van der Waals surface area (Å²) in [5.41, 5.74) is 2.50. The van der Waals surface area contributed by atoms with E-state index >= 15 is 0 Å². The molecule has 0 fully saturated rings. The van der Waals surface area contributed by atoms with E-state index in [4.69, 9.17) is 13.9 Å². The number of hydrogen-bond donors (Lipinski definition) is 0. The van der Waals surface area contributed by atoms with Gasteiger partial charge in [-0.05, 0) is 19.1 Å². The van der Waals surface area contributed by atoms with E-state index in [1.165, 1.54) is 6.08 Å². The highest BCUT2D eigenvalue weighted by Gasteiger charge is 2.25. The molecule has 0 amide bonds. The van der Waals surface area contributed by atoms with Crippen molar-refractivity contribution in [1.82, 2.24) is 4.57 Å². The lowest BCUT2D eigenvalue weighted by molar-refractivity contribution is -0.129. The minimum atomic E-state index is -0.540. The average molecular weight is 364 g/mol. The van der Waals surface area contributed by atoms with Crippen molar-refractivity contribution in [2.45, 2.75) is 6.92 Å². The third-order valence-electron chi connectivity index (χ3n) is 4.15. The lowest BCUT2D eigenvalue weighted by Crippen LogP contribution is -2.09. The molecular weight excluding hydrogens is 348 g/mol. The number of hydrogen-bond acceptors (Lipinski definition) is 6. The fourth-order valence-corrected chi connectivity index (χ4v) is 2.85. The Morgan fingerprint density at radius 1 is 1.26 bits per heavy atom. The van der Waals surface area contributed by atoms with Crippen LogP contribution in [0.2, 0.25) is 0 Å². The number of cyclic esters (lactones) is 1. The first kappa shape index (κ1) is 16.8. The number of furan rings is 1. The summed E-state index contributed by atoms with van der Waals surface area (Å²) < 4.78 is 17.7. The number of carbonyl (C=O) groups is 2. The Labute approximate surface area is 154 Å². The minimum Gasteiger partial charge on any atom is -0.461 e. The van der Waals surface area contributed by atoms with Crippen LogP contribution in [0.4, 0.5) is 0 Å². The van der Waals surface area contributed by atoms with Crippen LogP contribution in [-0.2, 0) is 21.3 Å². The molecule has 0 bridgehead atoms. The highest BCUT2D eigenvalue weighted by Crippen LogP contribution is 2.26. The smallest absolute Gasteiger partial charge is 0.363 e. The quantitative estimate of drug-likeness (QED) is 0.524. The summed E-state index contributed by atoms with van der Waals surface area (Å²) in [5, 5.41) is 0. The van der Waals surface area contributed by atoms with E-state index in [0.717, 1.165) is 5.56 Å². The molecule has 4 rings (SSSR count). The minimum absolute atomic E-state index is 0.151. The third-order valence-corrected chi connectivity index (χ3v) is 4.15. The number of rotatable bonds is 4. The zero-order valence-electron chi connectivity index (χ0n) is 14.8. The summed E-state index contributed by atoms with van der Waals surface area (Å²) in [4.78, 5) is 28.3. The first-order chi connectivity index (χ1) is 13.1. The van der Waals surface area contributed by atoms with Crippen LogP contribution in [0.1, 0.15) is 28.7 Å². The molecule has 0 aliphatic carbocycles. The molecule has 0 atom stereocenters. The second-order valence-electron chi connectivity index (χ2n) is 5.91. The lowest BCUT2D eigenvalue weighted by atomic mass is 10.2. The number of benzene rings is 1. The molecule has 3 aromatic rings. The first-order valence-corrected chi connectivity index (χ1v) is 8.41. The number of nitrogens with zero attached hydrogens (tertiary/aromatic N) is 2. The van der Waals surface area contributed by atoms with Crippen LogP contribution in [0, 0.1) is 0 Å². The predicted molar refractivity (Wildman–Crippen MR) is 98.2 cm³/mol. The first-order valence-electron chi connectivity index (χ1n) is 8.41. The van der Waals surface area contributed by atoms with Gasteiger partial charge in [0.1, 0.15) is 11.5 Å². The maximum atomic E-state index is 12.1. The van der Waals surface area contributed by atoms with Gasteiger partial charge in [-0.1, -0.05) is 18.2 Å². The maximum Gasteiger partial charge on any atom is 0.363 e. The summed E-state index contributed by atoms with van der Waals surface area (Å²) in [6.07, 6.45) is 1.52. The average Bonchev–Trinajstić information content (AvgIpc) is 3.31. The molecule has 0 unspecified atom stereocenters. The molecule has 3 heterocycles. The highest BCUT2D eigenvalue weighted by molar-refractivity contribution is 6.12. The number of fused-ring (bicyclic) bond motifs is 1. The SMILES string of the molecule is CCOC(=O)c1cc2oc(/C=C3/N=C(c4ccccc4)OC3=O)cc2n1C. The summed E-state index contributed by atoms with van der Waals surface area (Å²) >= 11 is 0. The number of aliphatic imine (C=N–C) groups is 1. The van der Waals surface area contributed by atoms with E-state index in [9.17, 15) is 9.59 Å². The molecule has 0 saturated carbocycles. The van der Waals surface area contributed by atoms with Crippen molar-refractivity contribution in [2.75, 3.05) is 6.61 Å². The molecule has 1 aliphatic heterocycles. The summed E-state index contributed by atoms with van der Waals surface area (Å²) in [6, 6.07) is 12.5. The number of carbonyl (C=O) groups excluding carboxylic acids is 2. The van der Waals surface area contributed by atoms with Gasteiger partial charge in [-0.2, -0.15) is 0 Å². The van der Waals surface area contributed by atoms with Crippen LogP contribution in [0.5, 0.6) is 0 Å². The van der Waals surface area contributed by atoms with E-state index in [2.05, 4.69) is 4.99 Å². The molecule has 0 N–H and O–H groups in total. The number of esters is 2. The van der Waals surface area contributed by atoms with Crippen molar-refractivity contribution in [3.05, 3.63) is 65.2 Å². The van der Waals surface area contributed by atoms with Gasteiger partial charge >= 0.3 is 11.9 Å². The molecule has 1 aromatic carbocycles. The second kappa shape index (κ2) is 6.60. The third kappa shape index (κ3) is 3.03. The topological polar surface area (TPSA) is 83.0 Å². The van der Waals surface area contributed by atoms with Gasteiger partial charge in [-0.25, -0.2) is 14.6 Å². The Bertz CT molecular complexity index is 1100. The Morgan fingerprint density at radius 3 is 2.74 bits per heavy atom. The fourth-order valence-electron chi connectivity index (χ4n) is 2.85. The van der Waals surface area contributed by atoms with E-state index in [1.54, 1.807) is 30.7 Å². The molecule has 0 radical (unpaired) electrons. The van der Waals surface area contributed by atoms with Crippen molar-refractivity contribution < 1.29 is 23.5 Å². The van der Waals surface area contributed by atoms with Crippen LogP contribution in [0.25, 0.3) is 17.2 Å². The highest BCUT2D eigenvalue weighted by atomic mass is 16.6. The van der Waals surface area contributed by atoms with Crippen LogP contribution >= 0.6 is 0 Å². The van der Waals surface area contributed by atoms with Crippen LogP contribution in [0.15, 0.2) is 57.6 Å². The molecule has 7 nitrogen and oxygen atoms in total. The molecule has 0 spiro atoms. The van der Waals surface area contributed by atoms with Gasteiger partial charge in [0.2, 0.25) is 5.90 Å². The Morgan fingerprint density at radius 2 is 2.04 bits per heavy atom. The Balaban J connectivity index is 1.66. The van der Waals surface area contributed by atoms with E-state index in [1.807, 2.05) is 30.3 Å². The van der Waals surface area contributed by atoms with Gasteiger partial charge in [0, 0.05) is 30.8 Å². The van der Waals surface area contributed by atoms with Gasteiger partial charge in [0.25, 0.3) is 0 Å². The van der Waals surface area contributed by atoms with Crippen molar-refractivity contribution >= 4 is 35.0 Å². The van der Waals surface area contributed by atoms with Crippen molar-refractivity contribution in [1.29, 1.82) is 0 Å². The normalized spacial score (nSPS) is 15.3. The molecule has 2 aromatic heterocycles. The molecule has 0 saturated heterocycles. The largest absolute Gasteiger partial charge is 0.461 e. The molecule has 27 heavy (non-hydrogen) atoms.